The van der Waals surface area contributed by atoms with Crippen molar-refractivity contribution in [2.45, 2.75) is 20.8 Å². The Morgan fingerprint density at radius 3 is 2.75 bits per heavy atom. The minimum absolute atomic E-state index is 0.251. The highest BCUT2D eigenvalue weighted by atomic mass is 79.9. The number of rotatable bonds is 4. The van der Waals surface area contributed by atoms with Crippen molar-refractivity contribution in [3.8, 4) is 0 Å². The number of halogens is 1. The van der Waals surface area contributed by atoms with Crippen molar-refractivity contribution in [1.82, 2.24) is 10.2 Å². The van der Waals surface area contributed by atoms with E-state index in [1.54, 1.807) is 0 Å². The van der Waals surface area contributed by atoms with Gasteiger partial charge in [-0.2, -0.15) is 0 Å². The van der Waals surface area contributed by atoms with E-state index in [-0.39, 0.29) is 5.91 Å². The SMILES string of the molecule is CCNc1nnc(C(=O)Nc2c(C)cc(C)cc2Br)s1. The first-order valence-corrected chi connectivity index (χ1v) is 7.77. The molecule has 106 valence electrons. The van der Waals surface area contributed by atoms with Gasteiger partial charge in [-0.1, -0.05) is 17.4 Å². The molecule has 2 rings (SSSR count). The molecule has 0 bridgehead atoms. The molecule has 2 aromatic rings. The summed E-state index contributed by atoms with van der Waals surface area (Å²) in [7, 11) is 0. The van der Waals surface area contributed by atoms with Gasteiger partial charge in [0, 0.05) is 11.0 Å². The van der Waals surface area contributed by atoms with Crippen LogP contribution in [-0.4, -0.2) is 22.6 Å². The first-order valence-electron chi connectivity index (χ1n) is 6.16. The molecular formula is C13H15BrN4OS. The second-order valence-corrected chi connectivity index (χ2v) is 6.17. The third kappa shape index (κ3) is 3.34. The molecule has 0 unspecified atom stereocenters. The van der Waals surface area contributed by atoms with E-state index in [1.807, 2.05) is 32.9 Å². The summed E-state index contributed by atoms with van der Waals surface area (Å²) in [6.45, 7) is 6.68. The summed E-state index contributed by atoms with van der Waals surface area (Å²) in [5.74, 6) is -0.251. The fourth-order valence-corrected chi connectivity index (χ4v) is 3.26. The molecule has 0 aliphatic carbocycles. The zero-order valence-corrected chi connectivity index (χ0v) is 13.9. The topological polar surface area (TPSA) is 66.9 Å². The first-order chi connectivity index (χ1) is 9.51. The molecule has 0 spiro atoms. The van der Waals surface area contributed by atoms with Crippen LogP contribution < -0.4 is 10.6 Å². The summed E-state index contributed by atoms with van der Waals surface area (Å²) >= 11 is 4.71. The number of aryl methyl sites for hydroxylation is 2. The molecule has 0 saturated heterocycles. The second-order valence-electron chi connectivity index (χ2n) is 4.34. The zero-order valence-electron chi connectivity index (χ0n) is 11.5. The molecular weight excluding hydrogens is 340 g/mol. The van der Waals surface area contributed by atoms with Gasteiger partial charge in [-0.05, 0) is 53.9 Å². The van der Waals surface area contributed by atoms with Crippen LogP contribution in [0.15, 0.2) is 16.6 Å². The maximum Gasteiger partial charge on any atom is 0.286 e. The Labute approximate surface area is 129 Å². The summed E-state index contributed by atoms with van der Waals surface area (Å²) in [5, 5.41) is 14.7. The molecule has 7 heteroatoms. The smallest absolute Gasteiger partial charge is 0.286 e. The monoisotopic (exact) mass is 354 g/mol. The van der Waals surface area contributed by atoms with Crippen molar-refractivity contribution in [2.24, 2.45) is 0 Å². The Balaban J connectivity index is 2.19. The lowest BCUT2D eigenvalue weighted by Gasteiger charge is -2.10. The van der Waals surface area contributed by atoms with Crippen molar-refractivity contribution >= 4 is 44.0 Å². The predicted octanol–water partition coefficient (Wildman–Crippen LogP) is 3.60. The standard InChI is InChI=1S/C13H15BrN4OS/c1-4-15-13-18-17-12(20-13)11(19)16-10-8(3)5-7(2)6-9(10)14/h5-6H,4H2,1-3H3,(H,15,18)(H,16,19). The molecule has 5 nitrogen and oxygen atoms in total. The lowest BCUT2D eigenvalue weighted by Crippen LogP contribution is -2.13. The van der Waals surface area contributed by atoms with Crippen LogP contribution in [-0.2, 0) is 0 Å². The number of anilines is 2. The lowest BCUT2D eigenvalue weighted by molar-refractivity contribution is 0.102. The highest BCUT2D eigenvalue weighted by molar-refractivity contribution is 9.10. The van der Waals surface area contributed by atoms with Crippen molar-refractivity contribution in [2.75, 3.05) is 17.2 Å². The maximum absolute atomic E-state index is 12.2. The average molecular weight is 355 g/mol. The Hall–Kier alpha value is -1.47. The van der Waals surface area contributed by atoms with Gasteiger partial charge in [-0.15, -0.1) is 10.2 Å². The Morgan fingerprint density at radius 2 is 2.10 bits per heavy atom. The first kappa shape index (κ1) is 14.9. The van der Waals surface area contributed by atoms with Crippen molar-refractivity contribution in [3.05, 3.63) is 32.7 Å². The van der Waals surface area contributed by atoms with Gasteiger partial charge in [0.2, 0.25) is 10.1 Å². The van der Waals surface area contributed by atoms with Gasteiger partial charge >= 0.3 is 0 Å². The number of nitrogens with zero attached hydrogens (tertiary/aromatic N) is 2. The number of nitrogens with one attached hydrogen (secondary N) is 2. The van der Waals surface area contributed by atoms with E-state index in [0.717, 1.165) is 27.8 Å². The molecule has 0 fully saturated rings. The maximum atomic E-state index is 12.2. The molecule has 1 amide bonds. The molecule has 1 aromatic carbocycles. The van der Waals surface area contributed by atoms with Gasteiger partial charge in [-0.25, -0.2) is 0 Å². The number of carbonyl (C=O) groups is 1. The summed E-state index contributed by atoms with van der Waals surface area (Å²) in [6, 6.07) is 3.98. The van der Waals surface area contributed by atoms with E-state index in [0.29, 0.717) is 10.1 Å². The van der Waals surface area contributed by atoms with Crippen molar-refractivity contribution in [1.29, 1.82) is 0 Å². The summed E-state index contributed by atoms with van der Waals surface area (Å²) in [6.07, 6.45) is 0. The molecule has 0 saturated carbocycles. The Morgan fingerprint density at radius 1 is 1.35 bits per heavy atom. The molecule has 1 aromatic heterocycles. The van der Waals surface area contributed by atoms with Crippen LogP contribution in [0.4, 0.5) is 10.8 Å². The van der Waals surface area contributed by atoms with Crippen molar-refractivity contribution < 1.29 is 4.79 Å². The molecule has 0 radical (unpaired) electrons. The number of benzene rings is 1. The van der Waals surface area contributed by atoms with Crippen LogP contribution in [0.3, 0.4) is 0 Å². The Kier molecular flexibility index (Phi) is 4.72. The van der Waals surface area contributed by atoms with Gasteiger partial charge in [0.15, 0.2) is 0 Å². The minimum Gasteiger partial charge on any atom is -0.360 e. The molecule has 0 aliphatic heterocycles. The van der Waals surface area contributed by atoms with Gasteiger partial charge < -0.3 is 10.6 Å². The highest BCUT2D eigenvalue weighted by Crippen LogP contribution is 2.28. The number of carbonyl (C=O) groups excluding carboxylic acids is 1. The second kappa shape index (κ2) is 6.32. The van der Waals surface area contributed by atoms with Crippen LogP contribution in [0.1, 0.15) is 27.9 Å². The highest BCUT2D eigenvalue weighted by Gasteiger charge is 2.15. The normalized spacial score (nSPS) is 10.4. The van der Waals surface area contributed by atoms with Gasteiger partial charge in [0.1, 0.15) is 0 Å². The van der Waals surface area contributed by atoms with Crippen molar-refractivity contribution in [3.63, 3.8) is 0 Å². The van der Waals surface area contributed by atoms with Crippen LogP contribution in [0, 0.1) is 13.8 Å². The minimum atomic E-state index is -0.251. The van der Waals surface area contributed by atoms with E-state index < -0.39 is 0 Å². The van der Waals surface area contributed by atoms with Gasteiger partial charge in [0.25, 0.3) is 5.91 Å². The third-order valence-electron chi connectivity index (χ3n) is 2.62. The van der Waals surface area contributed by atoms with Crippen LogP contribution in [0.5, 0.6) is 0 Å². The van der Waals surface area contributed by atoms with E-state index in [2.05, 4.69) is 36.8 Å². The number of hydrogen-bond acceptors (Lipinski definition) is 5. The molecule has 0 aliphatic rings. The van der Waals surface area contributed by atoms with E-state index in [4.69, 9.17) is 0 Å². The molecule has 20 heavy (non-hydrogen) atoms. The average Bonchev–Trinajstić information content (AvgIpc) is 2.82. The van der Waals surface area contributed by atoms with E-state index in [1.165, 1.54) is 11.3 Å². The number of amides is 1. The largest absolute Gasteiger partial charge is 0.360 e. The summed E-state index contributed by atoms with van der Waals surface area (Å²) in [5.41, 5.74) is 2.90. The predicted molar refractivity (Wildman–Crippen MR) is 85.6 cm³/mol. The van der Waals surface area contributed by atoms with E-state index >= 15 is 0 Å². The van der Waals surface area contributed by atoms with Crippen LogP contribution in [0.2, 0.25) is 0 Å². The molecule has 2 N–H and O–H groups in total. The summed E-state index contributed by atoms with van der Waals surface area (Å²) in [4.78, 5) is 12.2. The number of hydrogen-bond donors (Lipinski definition) is 2. The quantitative estimate of drug-likeness (QED) is 0.879. The summed E-state index contributed by atoms with van der Waals surface area (Å²) < 4.78 is 0.861. The van der Waals surface area contributed by atoms with E-state index in [9.17, 15) is 4.79 Å². The molecule has 0 atom stereocenters. The van der Waals surface area contributed by atoms with Crippen LogP contribution in [0.25, 0.3) is 0 Å². The number of aromatic nitrogens is 2. The van der Waals surface area contributed by atoms with Gasteiger partial charge in [0.05, 0.1) is 5.69 Å². The Bertz CT molecular complexity index is 618. The lowest BCUT2D eigenvalue weighted by atomic mass is 10.1. The third-order valence-corrected chi connectivity index (χ3v) is 4.12. The fraction of sp³-hybridized carbons (Fsp3) is 0.308. The van der Waals surface area contributed by atoms with Crippen LogP contribution >= 0.6 is 27.3 Å². The molecule has 1 heterocycles. The van der Waals surface area contributed by atoms with Gasteiger partial charge in [-0.3, -0.25) is 4.79 Å². The zero-order chi connectivity index (χ0) is 14.7. The fourth-order valence-electron chi connectivity index (χ4n) is 1.78.